The van der Waals surface area contributed by atoms with Crippen molar-refractivity contribution in [1.29, 1.82) is 0 Å². The predicted octanol–water partition coefficient (Wildman–Crippen LogP) is 2.38. The second kappa shape index (κ2) is 8.03. The number of carbonyl (C=O) groups is 2. The number of ketones is 1. The maximum atomic E-state index is 12.3. The number of esters is 1. The summed E-state index contributed by atoms with van der Waals surface area (Å²) in [6.07, 6.45) is 2.52. The van der Waals surface area contributed by atoms with Crippen LogP contribution in [0.1, 0.15) is 26.2 Å². The molecule has 0 bridgehead atoms. The average Bonchev–Trinajstić information content (AvgIpc) is 2.39. The minimum absolute atomic E-state index is 0.0188. The van der Waals surface area contributed by atoms with Gasteiger partial charge in [-0.05, 0) is 6.42 Å². The number of carbonyl (C=O) groups excluding carboxylic acids is 2. The number of hydrogen-bond acceptors (Lipinski definition) is 5. The third kappa shape index (κ3) is 4.54. The lowest BCUT2D eigenvalue weighted by atomic mass is 9.95. The molecule has 0 N–H and O–H groups in total. The first-order valence-electron chi connectivity index (χ1n) is 6.01. The smallest absolute Gasteiger partial charge is 0.316 e. The van der Waals surface area contributed by atoms with Crippen molar-refractivity contribution in [3.05, 3.63) is 0 Å². The molecule has 1 saturated heterocycles. The zero-order valence-corrected chi connectivity index (χ0v) is 12.1. The summed E-state index contributed by atoms with van der Waals surface area (Å²) in [7, 11) is 1.36. The molecule has 5 heteroatoms. The molecular formula is C12H20O3S2. The van der Waals surface area contributed by atoms with Crippen molar-refractivity contribution in [2.24, 2.45) is 5.92 Å². The molecule has 2 unspecified atom stereocenters. The molecule has 1 heterocycles. The van der Waals surface area contributed by atoms with Crippen LogP contribution in [0, 0.1) is 5.92 Å². The summed E-state index contributed by atoms with van der Waals surface area (Å²) in [6.45, 7) is 2.06. The Morgan fingerprint density at radius 2 is 2.18 bits per heavy atom. The van der Waals surface area contributed by atoms with E-state index in [1.807, 2.05) is 0 Å². The Hall–Kier alpha value is -0.160. The number of thioether (sulfide) groups is 2. The minimum atomic E-state index is -0.545. The van der Waals surface area contributed by atoms with E-state index in [0.717, 1.165) is 30.1 Å². The van der Waals surface area contributed by atoms with Crippen molar-refractivity contribution in [2.75, 3.05) is 24.4 Å². The lowest BCUT2D eigenvalue weighted by Crippen LogP contribution is -2.35. The van der Waals surface area contributed by atoms with E-state index in [-0.39, 0.29) is 17.0 Å². The van der Waals surface area contributed by atoms with Crippen LogP contribution >= 0.6 is 23.5 Å². The number of ether oxygens (including phenoxy) is 1. The van der Waals surface area contributed by atoms with Gasteiger partial charge in [-0.15, -0.1) is 11.8 Å². The molecular weight excluding hydrogens is 256 g/mol. The first-order valence-corrected chi connectivity index (χ1v) is 8.22. The van der Waals surface area contributed by atoms with Crippen molar-refractivity contribution < 1.29 is 14.3 Å². The van der Waals surface area contributed by atoms with Crippen LogP contribution in [0.25, 0.3) is 0 Å². The Kier molecular flexibility index (Phi) is 7.04. The summed E-state index contributed by atoms with van der Waals surface area (Å²) in [5, 5.41) is -0.0188. The summed E-state index contributed by atoms with van der Waals surface area (Å²) in [5.74, 6) is 2.11. The van der Waals surface area contributed by atoms with Crippen LogP contribution in [-0.2, 0) is 14.3 Å². The van der Waals surface area contributed by atoms with Gasteiger partial charge in [-0.2, -0.15) is 11.8 Å². The van der Waals surface area contributed by atoms with Gasteiger partial charge in [-0.1, -0.05) is 19.8 Å². The van der Waals surface area contributed by atoms with Crippen molar-refractivity contribution in [1.82, 2.24) is 0 Å². The maximum absolute atomic E-state index is 12.3. The molecule has 3 nitrogen and oxygen atoms in total. The molecule has 0 spiro atoms. The van der Waals surface area contributed by atoms with Crippen LogP contribution in [-0.4, -0.2) is 41.4 Å². The fourth-order valence-corrected chi connectivity index (χ4v) is 4.49. The molecule has 0 aromatic rings. The highest BCUT2D eigenvalue weighted by atomic mass is 32.2. The van der Waals surface area contributed by atoms with E-state index in [1.54, 1.807) is 23.5 Å². The SMILES string of the molecule is CCCCC(C(=O)OC)C(=O)C1CSCCS1. The summed E-state index contributed by atoms with van der Waals surface area (Å²) in [4.78, 5) is 23.9. The molecule has 98 valence electrons. The molecule has 0 aromatic heterocycles. The van der Waals surface area contributed by atoms with Crippen molar-refractivity contribution >= 4 is 35.3 Å². The molecule has 0 aromatic carbocycles. The molecule has 2 atom stereocenters. The Balaban J connectivity index is 2.60. The third-order valence-electron chi connectivity index (χ3n) is 2.81. The molecule has 0 aliphatic carbocycles. The molecule has 1 aliphatic rings. The van der Waals surface area contributed by atoms with Gasteiger partial charge < -0.3 is 4.74 Å². The Labute approximate surface area is 111 Å². The van der Waals surface area contributed by atoms with Gasteiger partial charge in [0.25, 0.3) is 0 Å². The highest BCUT2D eigenvalue weighted by Crippen LogP contribution is 2.28. The number of methoxy groups -OCH3 is 1. The van der Waals surface area contributed by atoms with Gasteiger partial charge in [-0.3, -0.25) is 9.59 Å². The molecule has 0 saturated carbocycles. The fourth-order valence-electron chi connectivity index (χ4n) is 1.80. The number of Topliss-reactive ketones (excluding diaryl/α,β-unsaturated/α-hetero) is 1. The van der Waals surface area contributed by atoms with Crippen LogP contribution in [0.2, 0.25) is 0 Å². The van der Waals surface area contributed by atoms with Gasteiger partial charge >= 0.3 is 5.97 Å². The minimum Gasteiger partial charge on any atom is -0.468 e. The number of unbranched alkanes of at least 4 members (excludes halogenated alkanes) is 1. The topological polar surface area (TPSA) is 43.4 Å². The quantitative estimate of drug-likeness (QED) is 0.550. The molecule has 0 amide bonds. The molecule has 1 fully saturated rings. The fraction of sp³-hybridized carbons (Fsp3) is 0.833. The summed E-state index contributed by atoms with van der Waals surface area (Å²) >= 11 is 3.48. The van der Waals surface area contributed by atoms with E-state index in [9.17, 15) is 9.59 Å². The second-order valence-corrected chi connectivity index (χ2v) is 6.52. The normalized spacial score (nSPS) is 21.9. The van der Waals surface area contributed by atoms with Crippen molar-refractivity contribution in [3.8, 4) is 0 Å². The summed E-state index contributed by atoms with van der Waals surface area (Å²) in [6, 6.07) is 0. The van der Waals surface area contributed by atoms with Crippen LogP contribution in [0.3, 0.4) is 0 Å². The highest BCUT2D eigenvalue weighted by Gasteiger charge is 2.33. The standard InChI is InChI=1S/C12H20O3S2/c1-3-4-5-9(12(14)15-2)11(13)10-8-16-6-7-17-10/h9-10H,3-8H2,1-2H3. The van der Waals surface area contributed by atoms with Crippen LogP contribution in [0.5, 0.6) is 0 Å². The van der Waals surface area contributed by atoms with E-state index in [4.69, 9.17) is 4.74 Å². The van der Waals surface area contributed by atoms with Crippen LogP contribution in [0.4, 0.5) is 0 Å². The lowest BCUT2D eigenvalue weighted by molar-refractivity contribution is -0.149. The van der Waals surface area contributed by atoms with Gasteiger partial charge in [0.1, 0.15) is 5.92 Å². The van der Waals surface area contributed by atoms with Crippen molar-refractivity contribution in [3.63, 3.8) is 0 Å². The average molecular weight is 276 g/mol. The van der Waals surface area contributed by atoms with Gasteiger partial charge in [0, 0.05) is 17.3 Å². The molecule has 0 radical (unpaired) electrons. The number of rotatable bonds is 6. The largest absolute Gasteiger partial charge is 0.468 e. The van der Waals surface area contributed by atoms with E-state index in [1.165, 1.54) is 7.11 Å². The zero-order chi connectivity index (χ0) is 12.7. The van der Waals surface area contributed by atoms with Crippen LogP contribution in [0.15, 0.2) is 0 Å². The molecule has 17 heavy (non-hydrogen) atoms. The van der Waals surface area contributed by atoms with Crippen LogP contribution < -0.4 is 0 Å². The van der Waals surface area contributed by atoms with Gasteiger partial charge in [0.15, 0.2) is 5.78 Å². The van der Waals surface area contributed by atoms with E-state index in [2.05, 4.69) is 6.92 Å². The van der Waals surface area contributed by atoms with Gasteiger partial charge in [0.05, 0.1) is 12.4 Å². The maximum Gasteiger partial charge on any atom is 0.316 e. The highest BCUT2D eigenvalue weighted by molar-refractivity contribution is 8.07. The second-order valence-electron chi connectivity index (χ2n) is 4.05. The first kappa shape index (κ1) is 14.9. The zero-order valence-electron chi connectivity index (χ0n) is 10.4. The monoisotopic (exact) mass is 276 g/mol. The van der Waals surface area contributed by atoms with E-state index >= 15 is 0 Å². The predicted molar refractivity (Wildman–Crippen MR) is 73.6 cm³/mol. The van der Waals surface area contributed by atoms with Gasteiger partial charge in [-0.25, -0.2) is 0 Å². The number of hydrogen-bond donors (Lipinski definition) is 0. The van der Waals surface area contributed by atoms with E-state index < -0.39 is 5.92 Å². The van der Waals surface area contributed by atoms with Gasteiger partial charge in [0.2, 0.25) is 0 Å². The van der Waals surface area contributed by atoms with Crippen molar-refractivity contribution in [2.45, 2.75) is 31.4 Å². The summed E-state index contributed by atoms with van der Waals surface area (Å²) < 4.78 is 4.75. The Bertz CT molecular complexity index is 262. The Morgan fingerprint density at radius 1 is 1.41 bits per heavy atom. The molecule has 1 aliphatic heterocycles. The first-order chi connectivity index (χ1) is 8.20. The third-order valence-corrected chi connectivity index (χ3v) is 5.58. The van der Waals surface area contributed by atoms with E-state index in [0.29, 0.717) is 6.42 Å². The Morgan fingerprint density at radius 3 is 2.71 bits per heavy atom. The molecule has 1 rings (SSSR count). The summed E-state index contributed by atoms with van der Waals surface area (Å²) in [5.41, 5.74) is 0. The lowest BCUT2D eigenvalue weighted by Gasteiger charge is -2.23.